The number of benzene rings is 1. The molecule has 3 heterocycles. The summed E-state index contributed by atoms with van der Waals surface area (Å²) in [4.78, 5) is 29.8. The Morgan fingerprint density at radius 3 is 2.58 bits per heavy atom. The number of nitro benzene ring substituents is 1. The summed E-state index contributed by atoms with van der Waals surface area (Å²) in [7, 11) is -3.77. The zero-order valence-electron chi connectivity index (χ0n) is 17.8. The molecule has 0 bridgehead atoms. The Morgan fingerprint density at radius 1 is 1.15 bits per heavy atom. The molecule has 176 valence electrons. The SMILES string of the molecule is O=C(Nc1ccc(Cl)cn1)C1CCCN(c2ccc(S(=O)(=O)N3CCCC3)cc2[N+](=O)[O-])C1. The lowest BCUT2D eigenvalue weighted by atomic mass is 9.96. The molecule has 1 aromatic carbocycles. The molecule has 1 unspecified atom stereocenters. The third kappa shape index (κ3) is 5.10. The highest BCUT2D eigenvalue weighted by Gasteiger charge is 2.33. The molecule has 2 aliphatic rings. The molecule has 1 N–H and O–H groups in total. The zero-order valence-corrected chi connectivity index (χ0v) is 19.4. The van der Waals surface area contributed by atoms with Gasteiger partial charge in [-0.2, -0.15) is 4.31 Å². The summed E-state index contributed by atoms with van der Waals surface area (Å²) in [5, 5.41) is 15.0. The quantitative estimate of drug-likeness (QED) is 0.483. The maximum atomic E-state index is 12.9. The third-order valence-corrected chi connectivity index (χ3v) is 8.08. The largest absolute Gasteiger partial charge is 0.365 e. The number of hydrogen-bond acceptors (Lipinski definition) is 7. The number of rotatable bonds is 6. The summed E-state index contributed by atoms with van der Waals surface area (Å²) in [5.41, 5.74) is 0.0261. The van der Waals surface area contributed by atoms with Gasteiger partial charge < -0.3 is 10.2 Å². The van der Waals surface area contributed by atoms with Crippen molar-refractivity contribution in [3.63, 3.8) is 0 Å². The fourth-order valence-electron chi connectivity index (χ4n) is 4.24. The van der Waals surface area contributed by atoms with Crippen LogP contribution in [-0.2, 0) is 14.8 Å². The maximum Gasteiger partial charge on any atom is 0.293 e. The molecule has 10 nitrogen and oxygen atoms in total. The molecule has 2 aliphatic heterocycles. The Bertz CT molecular complexity index is 1150. The van der Waals surface area contributed by atoms with E-state index in [0.29, 0.717) is 49.0 Å². The van der Waals surface area contributed by atoms with E-state index < -0.39 is 20.9 Å². The summed E-state index contributed by atoms with van der Waals surface area (Å²) in [6, 6.07) is 7.24. The summed E-state index contributed by atoms with van der Waals surface area (Å²) in [5.74, 6) is -0.252. The van der Waals surface area contributed by atoms with E-state index in [1.807, 2.05) is 0 Å². The van der Waals surface area contributed by atoms with Crippen molar-refractivity contribution in [2.75, 3.05) is 36.4 Å². The van der Waals surface area contributed by atoms with Crippen molar-refractivity contribution in [3.8, 4) is 0 Å². The standard InChI is InChI=1S/C21H24ClN5O5S/c22-16-5-8-20(23-13-16)24-21(28)15-4-3-9-25(14-15)18-7-6-17(12-19(18)27(29)30)33(31,32)26-10-1-2-11-26/h5-8,12-13,15H,1-4,9-11,14H2,(H,23,24,28). The van der Waals surface area contributed by atoms with Crippen molar-refractivity contribution in [2.24, 2.45) is 5.92 Å². The van der Waals surface area contributed by atoms with Crippen LogP contribution in [0.5, 0.6) is 0 Å². The van der Waals surface area contributed by atoms with Gasteiger partial charge in [0.2, 0.25) is 15.9 Å². The Balaban J connectivity index is 1.54. The minimum atomic E-state index is -3.77. The lowest BCUT2D eigenvalue weighted by Gasteiger charge is -2.33. The fraction of sp³-hybridized carbons (Fsp3) is 0.429. The van der Waals surface area contributed by atoms with Crippen molar-refractivity contribution in [1.29, 1.82) is 0 Å². The highest BCUT2D eigenvalue weighted by molar-refractivity contribution is 7.89. The smallest absolute Gasteiger partial charge is 0.293 e. The van der Waals surface area contributed by atoms with Crippen LogP contribution in [0.15, 0.2) is 41.4 Å². The van der Waals surface area contributed by atoms with Gasteiger partial charge in [0.05, 0.1) is 20.8 Å². The van der Waals surface area contributed by atoms with Gasteiger partial charge in [-0.1, -0.05) is 11.6 Å². The highest BCUT2D eigenvalue weighted by Crippen LogP contribution is 2.35. The number of sulfonamides is 1. The molecule has 33 heavy (non-hydrogen) atoms. The van der Waals surface area contributed by atoms with Gasteiger partial charge in [0.25, 0.3) is 5.69 Å². The van der Waals surface area contributed by atoms with Crippen LogP contribution in [0.1, 0.15) is 25.7 Å². The van der Waals surface area contributed by atoms with E-state index in [-0.39, 0.29) is 23.0 Å². The number of halogens is 1. The van der Waals surface area contributed by atoms with E-state index in [0.717, 1.165) is 18.9 Å². The van der Waals surface area contributed by atoms with Gasteiger partial charge >= 0.3 is 0 Å². The van der Waals surface area contributed by atoms with E-state index >= 15 is 0 Å². The third-order valence-electron chi connectivity index (χ3n) is 5.96. The first-order chi connectivity index (χ1) is 15.8. The number of piperidine rings is 1. The number of carbonyl (C=O) groups is 1. The Kier molecular flexibility index (Phi) is 6.82. The Labute approximate surface area is 196 Å². The van der Waals surface area contributed by atoms with Crippen molar-refractivity contribution in [3.05, 3.63) is 51.7 Å². The number of pyridine rings is 1. The molecular formula is C21H24ClN5O5S. The molecule has 4 rings (SSSR count). The molecular weight excluding hydrogens is 470 g/mol. The number of nitrogens with zero attached hydrogens (tertiary/aromatic N) is 4. The van der Waals surface area contributed by atoms with E-state index in [4.69, 9.17) is 11.6 Å². The number of carbonyl (C=O) groups excluding carboxylic acids is 1. The second-order valence-electron chi connectivity index (χ2n) is 8.15. The van der Waals surface area contributed by atoms with Gasteiger partial charge in [0.15, 0.2) is 0 Å². The van der Waals surface area contributed by atoms with Gasteiger partial charge in [-0.05, 0) is 49.9 Å². The van der Waals surface area contributed by atoms with Crippen LogP contribution < -0.4 is 10.2 Å². The predicted octanol–water partition coefficient (Wildman–Crippen LogP) is 3.28. The van der Waals surface area contributed by atoms with Crippen LogP contribution in [0.25, 0.3) is 0 Å². The molecule has 12 heteroatoms. The van der Waals surface area contributed by atoms with Gasteiger partial charge in [-0.15, -0.1) is 0 Å². The predicted molar refractivity (Wildman–Crippen MR) is 124 cm³/mol. The second kappa shape index (κ2) is 9.62. The molecule has 2 fully saturated rings. The maximum absolute atomic E-state index is 12.9. The number of nitro groups is 1. The van der Waals surface area contributed by atoms with Crippen LogP contribution in [-0.4, -0.2) is 54.7 Å². The molecule has 0 spiro atoms. The minimum Gasteiger partial charge on any atom is -0.365 e. The lowest BCUT2D eigenvalue weighted by Crippen LogP contribution is -2.41. The van der Waals surface area contributed by atoms with Gasteiger partial charge in [0.1, 0.15) is 11.5 Å². The number of aromatic nitrogens is 1. The fourth-order valence-corrected chi connectivity index (χ4v) is 5.89. The van der Waals surface area contributed by atoms with Crippen molar-refractivity contribution in [2.45, 2.75) is 30.6 Å². The second-order valence-corrected chi connectivity index (χ2v) is 10.5. The van der Waals surface area contributed by atoms with E-state index in [1.165, 1.54) is 22.6 Å². The summed E-state index contributed by atoms with van der Waals surface area (Å²) in [6.07, 6.45) is 4.29. The topological polar surface area (TPSA) is 126 Å². The number of nitrogens with one attached hydrogen (secondary N) is 1. The average Bonchev–Trinajstić information content (AvgIpc) is 3.36. The van der Waals surface area contributed by atoms with Gasteiger partial charge in [-0.25, -0.2) is 13.4 Å². The lowest BCUT2D eigenvalue weighted by molar-refractivity contribution is -0.384. The van der Waals surface area contributed by atoms with Crippen LogP contribution >= 0.6 is 11.6 Å². The molecule has 1 aromatic heterocycles. The Hall–Kier alpha value is -2.76. The van der Waals surface area contributed by atoms with E-state index in [2.05, 4.69) is 10.3 Å². The van der Waals surface area contributed by atoms with Crippen molar-refractivity contribution >= 4 is 44.7 Å². The summed E-state index contributed by atoms with van der Waals surface area (Å²) < 4.78 is 27.1. The molecule has 2 aromatic rings. The average molecular weight is 494 g/mol. The molecule has 2 saturated heterocycles. The van der Waals surface area contributed by atoms with Crippen molar-refractivity contribution in [1.82, 2.24) is 9.29 Å². The van der Waals surface area contributed by atoms with Gasteiger partial charge in [0, 0.05) is 38.4 Å². The first kappa shape index (κ1) is 23.4. The number of anilines is 2. The molecule has 0 radical (unpaired) electrons. The molecule has 1 amide bonds. The number of amides is 1. The molecule has 0 saturated carbocycles. The monoisotopic (exact) mass is 493 g/mol. The summed E-state index contributed by atoms with van der Waals surface area (Å²) in [6.45, 7) is 1.65. The zero-order chi connectivity index (χ0) is 23.6. The van der Waals surface area contributed by atoms with Crippen LogP contribution in [0, 0.1) is 16.0 Å². The van der Waals surface area contributed by atoms with E-state index in [1.54, 1.807) is 17.0 Å². The van der Waals surface area contributed by atoms with Crippen LogP contribution in [0.3, 0.4) is 0 Å². The van der Waals surface area contributed by atoms with Gasteiger partial charge in [-0.3, -0.25) is 14.9 Å². The van der Waals surface area contributed by atoms with Crippen LogP contribution in [0.2, 0.25) is 5.02 Å². The van der Waals surface area contributed by atoms with Crippen LogP contribution in [0.4, 0.5) is 17.2 Å². The number of hydrogen-bond donors (Lipinski definition) is 1. The highest BCUT2D eigenvalue weighted by atomic mass is 35.5. The normalized spacial score (nSPS) is 19.4. The molecule has 0 aliphatic carbocycles. The minimum absolute atomic E-state index is 0.0834. The first-order valence-electron chi connectivity index (χ1n) is 10.7. The Morgan fingerprint density at radius 2 is 1.91 bits per heavy atom. The summed E-state index contributed by atoms with van der Waals surface area (Å²) >= 11 is 5.82. The van der Waals surface area contributed by atoms with E-state index in [9.17, 15) is 23.3 Å². The first-order valence-corrected chi connectivity index (χ1v) is 12.5. The molecule has 1 atom stereocenters. The van der Waals surface area contributed by atoms with Crippen molar-refractivity contribution < 1.29 is 18.1 Å².